The summed E-state index contributed by atoms with van der Waals surface area (Å²) in [4.78, 5) is 16.5. The van der Waals surface area contributed by atoms with Gasteiger partial charge in [0.2, 0.25) is 11.8 Å². The lowest BCUT2D eigenvalue weighted by Gasteiger charge is -2.25. The maximum Gasteiger partial charge on any atom is 0.294 e. The first-order chi connectivity index (χ1) is 19.0. The number of halogens is 2. The van der Waals surface area contributed by atoms with Gasteiger partial charge in [-0.25, -0.2) is 8.78 Å². The molecule has 7 nitrogen and oxygen atoms in total. The number of aliphatic imine (C=N–C) groups is 1. The predicted molar refractivity (Wildman–Crippen MR) is 162 cm³/mol. The first kappa shape index (κ1) is 32.8. The molecule has 216 valence electrons. The number of hydrazone groups is 1. The minimum absolute atomic E-state index is 0.0865. The highest BCUT2D eigenvalue weighted by atomic mass is 31.0. The molecule has 2 aromatic carbocycles. The van der Waals surface area contributed by atoms with Crippen molar-refractivity contribution in [3.8, 4) is 0 Å². The van der Waals surface area contributed by atoms with Crippen LogP contribution < -0.4 is 5.30 Å². The molecule has 3 rings (SSSR count). The predicted octanol–water partition coefficient (Wildman–Crippen LogP) is 5.57. The van der Waals surface area contributed by atoms with E-state index < -0.39 is 12.2 Å². The number of carbonyl (C=O) groups excluding carboxylic acids is 1. The molecule has 1 amide bonds. The van der Waals surface area contributed by atoms with E-state index in [1.54, 1.807) is 22.9 Å². The van der Waals surface area contributed by atoms with E-state index in [0.717, 1.165) is 35.1 Å². The van der Waals surface area contributed by atoms with Crippen LogP contribution in [-0.2, 0) is 14.3 Å². The molecule has 0 radical (unpaired) electrons. The Morgan fingerprint density at radius 2 is 1.88 bits per heavy atom. The highest BCUT2D eigenvalue weighted by molar-refractivity contribution is 7.27. The van der Waals surface area contributed by atoms with Gasteiger partial charge in [-0.15, -0.1) is 9.24 Å². The SMILES string of the molecule is C=NN(/C=C(\C)c1cccc(C)c1)C(C)c1ccc(C(=NC)OC(=C)C(F)F)c(P)c1.CC(=O)N1CCOCC1. The van der Waals surface area contributed by atoms with Crippen LogP contribution >= 0.6 is 9.24 Å². The van der Waals surface area contributed by atoms with Crippen LogP contribution in [0.25, 0.3) is 5.57 Å². The first-order valence-corrected chi connectivity index (χ1v) is 13.4. The summed E-state index contributed by atoms with van der Waals surface area (Å²) in [5, 5.41) is 6.72. The molecule has 1 aliphatic rings. The van der Waals surface area contributed by atoms with Crippen molar-refractivity contribution in [2.45, 2.75) is 40.2 Å². The number of hydrogen-bond acceptors (Lipinski definition) is 6. The van der Waals surface area contributed by atoms with Crippen molar-refractivity contribution in [3.05, 3.63) is 83.3 Å². The van der Waals surface area contributed by atoms with Gasteiger partial charge < -0.3 is 14.4 Å². The van der Waals surface area contributed by atoms with E-state index in [2.05, 4.69) is 57.8 Å². The molecule has 0 aliphatic carbocycles. The normalized spacial score (nSPS) is 14.7. The Hall–Kier alpha value is -3.42. The van der Waals surface area contributed by atoms with Crippen molar-refractivity contribution in [2.24, 2.45) is 10.1 Å². The molecule has 0 N–H and O–H groups in total. The smallest absolute Gasteiger partial charge is 0.294 e. The summed E-state index contributed by atoms with van der Waals surface area (Å²) in [6, 6.07) is 13.7. The van der Waals surface area contributed by atoms with Crippen molar-refractivity contribution in [1.82, 2.24) is 9.91 Å². The second-order valence-corrected chi connectivity index (χ2v) is 9.86. The highest BCUT2D eigenvalue weighted by Gasteiger charge is 2.18. The summed E-state index contributed by atoms with van der Waals surface area (Å²) in [5.41, 5.74) is 4.92. The number of carbonyl (C=O) groups is 1. The number of hydrogen-bond donors (Lipinski definition) is 0. The molecule has 2 unspecified atom stereocenters. The lowest BCUT2D eigenvalue weighted by atomic mass is 10.0. The average Bonchev–Trinajstić information content (AvgIpc) is 2.94. The van der Waals surface area contributed by atoms with E-state index in [-0.39, 0.29) is 17.8 Å². The Balaban J connectivity index is 0.000000526. The van der Waals surface area contributed by atoms with Gasteiger partial charge in [0, 0.05) is 45.5 Å². The Kier molecular flexibility index (Phi) is 13.1. The molecule has 1 fully saturated rings. The summed E-state index contributed by atoms with van der Waals surface area (Å²) in [6.07, 6.45) is -0.822. The van der Waals surface area contributed by atoms with E-state index in [1.807, 2.05) is 38.2 Å². The maximum atomic E-state index is 12.8. The zero-order valence-corrected chi connectivity index (χ0v) is 25.0. The first-order valence-electron chi connectivity index (χ1n) is 12.8. The van der Waals surface area contributed by atoms with Crippen LogP contribution in [-0.4, -0.2) is 68.2 Å². The van der Waals surface area contributed by atoms with Gasteiger partial charge in [0.25, 0.3) is 6.43 Å². The number of allylic oxidation sites excluding steroid dienone is 2. The number of ether oxygens (including phenoxy) is 2. The van der Waals surface area contributed by atoms with Gasteiger partial charge in [0.05, 0.1) is 19.3 Å². The monoisotopic (exact) mass is 572 g/mol. The molecule has 0 aromatic heterocycles. The minimum Gasteiger partial charge on any atom is -0.438 e. The number of morpholine rings is 1. The van der Waals surface area contributed by atoms with Gasteiger partial charge in [-0.1, -0.05) is 42.5 Å². The molecule has 40 heavy (non-hydrogen) atoms. The number of rotatable bonds is 8. The van der Waals surface area contributed by atoms with Crippen LogP contribution in [0.3, 0.4) is 0 Å². The molecule has 2 aromatic rings. The van der Waals surface area contributed by atoms with E-state index in [1.165, 1.54) is 12.6 Å². The highest BCUT2D eigenvalue weighted by Crippen LogP contribution is 2.25. The molecular weight excluding hydrogens is 533 g/mol. The van der Waals surface area contributed by atoms with Crippen LogP contribution in [0, 0.1) is 6.92 Å². The Morgan fingerprint density at radius 1 is 1.20 bits per heavy atom. The van der Waals surface area contributed by atoms with Crippen molar-refractivity contribution in [2.75, 3.05) is 33.4 Å². The van der Waals surface area contributed by atoms with Crippen molar-refractivity contribution in [3.63, 3.8) is 0 Å². The van der Waals surface area contributed by atoms with Crippen LogP contribution in [0.2, 0.25) is 0 Å². The lowest BCUT2D eigenvalue weighted by molar-refractivity contribution is -0.132. The third kappa shape index (κ3) is 9.65. The quantitative estimate of drug-likeness (QED) is 0.136. The molecular formula is C30H39F2N4O3P. The number of nitrogens with zero attached hydrogens (tertiary/aromatic N) is 4. The zero-order valence-electron chi connectivity index (χ0n) is 23.9. The number of benzene rings is 2. The number of aryl methyl sites for hydroxylation is 1. The van der Waals surface area contributed by atoms with Gasteiger partial charge >= 0.3 is 0 Å². The average molecular weight is 573 g/mol. The summed E-state index contributed by atoms with van der Waals surface area (Å²) >= 11 is 0. The number of alkyl halides is 2. The largest absolute Gasteiger partial charge is 0.438 e. The van der Waals surface area contributed by atoms with Gasteiger partial charge in [0.15, 0.2) is 5.76 Å². The van der Waals surface area contributed by atoms with Crippen molar-refractivity contribution < 1.29 is 23.0 Å². The van der Waals surface area contributed by atoms with Crippen LogP contribution in [0.1, 0.15) is 49.1 Å². The van der Waals surface area contributed by atoms with Crippen LogP contribution in [0.4, 0.5) is 8.78 Å². The maximum absolute atomic E-state index is 12.8. The van der Waals surface area contributed by atoms with E-state index in [0.29, 0.717) is 18.8 Å². The summed E-state index contributed by atoms with van der Waals surface area (Å²) in [6.45, 7) is 17.5. The van der Waals surface area contributed by atoms with Crippen LogP contribution in [0.15, 0.2) is 71.1 Å². The standard InChI is InChI=1S/C24H28F2N3OP.C6H11NO2/c1-15-8-7-9-19(12-15)16(2)14-29(28-6)17(3)20-10-11-21(22(31)13-20)24(27-5)30-18(4)23(25)26;1-6(8)7-2-4-9-5-3-7/h7-14,17,23H,4,6,31H2,1-3,5H3;2-5H2,1H3/b16-14+,27-24?;. The van der Waals surface area contributed by atoms with E-state index in [4.69, 9.17) is 9.47 Å². The third-order valence-corrected chi connectivity index (χ3v) is 6.76. The second kappa shape index (κ2) is 16.0. The van der Waals surface area contributed by atoms with Gasteiger partial charge in [0.1, 0.15) is 0 Å². The summed E-state index contributed by atoms with van der Waals surface area (Å²) in [7, 11) is 4.08. The zero-order chi connectivity index (χ0) is 29.8. The molecule has 1 heterocycles. The molecule has 2 atom stereocenters. The van der Waals surface area contributed by atoms with Gasteiger partial charge in [-0.3, -0.25) is 14.8 Å². The Morgan fingerprint density at radius 3 is 2.38 bits per heavy atom. The van der Waals surface area contributed by atoms with E-state index in [9.17, 15) is 13.6 Å². The van der Waals surface area contributed by atoms with Gasteiger partial charge in [-0.05, 0) is 54.9 Å². The van der Waals surface area contributed by atoms with Crippen molar-refractivity contribution in [1.29, 1.82) is 0 Å². The summed E-state index contributed by atoms with van der Waals surface area (Å²) in [5.74, 6) is -0.400. The molecule has 0 spiro atoms. The third-order valence-electron chi connectivity index (χ3n) is 6.28. The molecule has 10 heteroatoms. The fourth-order valence-electron chi connectivity index (χ4n) is 3.89. The molecule has 0 saturated carbocycles. The second-order valence-electron chi connectivity index (χ2n) is 9.24. The van der Waals surface area contributed by atoms with Gasteiger partial charge in [-0.2, -0.15) is 5.10 Å². The Bertz CT molecular complexity index is 1240. The van der Waals surface area contributed by atoms with E-state index >= 15 is 0 Å². The molecule has 1 aliphatic heterocycles. The van der Waals surface area contributed by atoms with Crippen LogP contribution in [0.5, 0.6) is 0 Å². The minimum atomic E-state index is -2.78. The number of amides is 1. The topological polar surface area (TPSA) is 66.7 Å². The molecule has 1 saturated heterocycles. The fourth-order valence-corrected chi connectivity index (χ4v) is 4.31. The van der Waals surface area contributed by atoms with Crippen molar-refractivity contribution >= 4 is 38.6 Å². The molecule has 0 bridgehead atoms. The summed E-state index contributed by atoms with van der Waals surface area (Å²) < 4.78 is 35.8. The Labute approximate surface area is 238 Å². The fraction of sp³-hybridized carbons (Fsp3) is 0.367. The lowest BCUT2D eigenvalue weighted by Crippen LogP contribution is -2.39.